The molecule has 0 unspecified atom stereocenters. The molecule has 1 aromatic carbocycles. The molecule has 14 heavy (non-hydrogen) atoms. The van der Waals surface area contributed by atoms with Gasteiger partial charge in [-0.25, -0.2) is 0 Å². The largest absolute Gasteiger partial charge is 0.313 e. The van der Waals surface area contributed by atoms with Crippen molar-refractivity contribution in [2.24, 2.45) is 0 Å². The summed E-state index contributed by atoms with van der Waals surface area (Å²) in [6, 6.07) is 9.69. The molecule has 0 amide bonds. The second kappa shape index (κ2) is 2.35. The third-order valence-corrected chi connectivity index (χ3v) is 2.71. The standard InChI is InChI=1S/C12H9NO/c1-8-6-7-13-10-5-3-2-4-9(10)12(14)11(8)13/h2-7H,1H3. The summed E-state index contributed by atoms with van der Waals surface area (Å²) < 4.78 is 1.97. The summed E-state index contributed by atoms with van der Waals surface area (Å²) in [7, 11) is 0. The molecular weight excluding hydrogens is 174 g/mol. The van der Waals surface area contributed by atoms with E-state index in [1.54, 1.807) is 0 Å². The quantitative estimate of drug-likeness (QED) is 0.524. The van der Waals surface area contributed by atoms with Gasteiger partial charge < -0.3 is 4.57 Å². The zero-order valence-electron chi connectivity index (χ0n) is 7.82. The Morgan fingerprint density at radius 2 is 1.93 bits per heavy atom. The van der Waals surface area contributed by atoms with Crippen molar-refractivity contribution in [2.75, 3.05) is 0 Å². The maximum atomic E-state index is 11.9. The normalized spacial score (nSPS) is 12.8. The minimum absolute atomic E-state index is 0.142. The monoisotopic (exact) mass is 183 g/mol. The number of carbonyl (C=O) groups excluding carboxylic acids is 1. The highest BCUT2D eigenvalue weighted by atomic mass is 16.1. The average molecular weight is 183 g/mol. The maximum absolute atomic E-state index is 11.9. The van der Waals surface area contributed by atoms with E-state index in [0.717, 1.165) is 22.5 Å². The SMILES string of the molecule is Cc1ccn2c1C(=O)c1ccccc1-2. The van der Waals surface area contributed by atoms with E-state index in [-0.39, 0.29) is 5.78 Å². The number of benzene rings is 1. The van der Waals surface area contributed by atoms with E-state index in [4.69, 9.17) is 0 Å². The lowest BCUT2D eigenvalue weighted by atomic mass is 10.1. The Kier molecular flexibility index (Phi) is 1.27. The molecule has 3 rings (SSSR count). The summed E-state index contributed by atoms with van der Waals surface area (Å²) in [6.07, 6.45) is 1.95. The van der Waals surface area contributed by atoms with Crippen LogP contribution in [0.4, 0.5) is 0 Å². The Morgan fingerprint density at radius 1 is 1.14 bits per heavy atom. The first-order chi connectivity index (χ1) is 6.79. The van der Waals surface area contributed by atoms with Crippen LogP contribution in [-0.2, 0) is 0 Å². The lowest BCUT2D eigenvalue weighted by Crippen LogP contribution is -1.97. The van der Waals surface area contributed by atoms with Crippen LogP contribution < -0.4 is 0 Å². The molecular formula is C12H9NO. The number of para-hydroxylation sites is 1. The molecule has 2 heteroatoms. The molecule has 0 saturated carbocycles. The van der Waals surface area contributed by atoms with Crippen LogP contribution in [0.15, 0.2) is 36.5 Å². The van der Waals surface area contributed by atoms with Gasteiger partial charge >= 0.3 is 0 Å². The maximum Gasteiger partial charge on any atom is 0.212 e. The van der Waals surface area contributed by atoms with Gasteiger partial charge in [-0.15, -0.1) is 0 Å². The van der Waals surface area contributed by atoms with Gasteiger partial charge in [0.1, 0.15) is 0 Å². The number of aryl methyl sites for hydroxylation is 1. The number of ketones is 1. The van der Waals surface area contributed by atoms with Crippen molar-refractivity contribution in [1.29, 1.82) is 0 Å². The fourth-order valence-corrected chi connectivity index (χ4v) is 2.02. The molecule has 1 aliphatic rings. The Balaban J connectivity index is 2.42. The van der Waals surface area contributed by atoms with Gasteiger partial charge in [0.25, 0.3) is 0 Å². The van der Waals surface area contributed by atoms with Crippen molar-refractivity contribution in [3.05, 3.63) is 53.3 Å². The minimum atomic E-state index is 0.142. The highest BCUT2D eigenvalue weighted by Gasteiger charge is 2.27. The van der Waals surface area contributed by atoms with Crippen LogP contribution in [0.3, 0.4) is 0 Å². The van der Waals surface area contributed by atoms with Crippen LogP contribution >= 0.6 is 0 Å². The van der Waals surface area contributed by atoms with Crippen LogP contribution in [0, 0.1) is 6.92 Å². The first-order valence-corrected chi connectivity index (χ1v) is 4.61. The molecule has 2 nitrogen and oxygen atoms in total. The van der Waals surface area contributed by atoms with E-state index in [9.17, 15) is 4.79 Å². The summed E-state index contributed by atoms with van der Waals surface area (Å²) in [5.74, 6) is 0.142. The lowest BCUT2D eigenvalue weighted by molar-refractivity contribution is 0.103. The zero-order valence-corrected chi connectivity index (χ0v) is 7.82. The highest BCUT2D eigenvalue weighted by Crippen LogP contribution is 2.29. The molecule has 1 aliphatic heterocycles. The van der Waals surface area contributed by atoms with Gasteiger partial charge in [0.15, 0.2) is 0 Å². The predicted molar refractivity (Wildman–Crippen MR) is 53.9 cm³/mol. The summed E-state index contributed by atoms with van der Waals surface area (Å²) >= 11 is 0. The van der Waals surface area contributed by atoms with Crippen LogP contribution in [0.5, 0.6) is 0 Å². The molecule has 0 radical (unpaired) electrons. The summed E-state index contributed by atoms with van der Waals surface area (Å²) in [5, 5.41) is 0. The van der Waals surface area contributed by atoms with Crippen molar-refractivity contribution < 1.29 is 4.79 Å². The van der Waals surface area contributed by atoms with E-state index in [1.807, 2.05) is 48.0 Å². The van der Waals surface area contributed by atoms with E-state index in [2.05, 4.69) is 0 Å². The van der Waals surface area contributed by atoms with E-state index in [1.165, 1.54) is 0 Å². The van der Waals surface area contributed by atoms with Gasteiger partial charge in [-0.3, -0.25) is 4.79 Å². The molecule has 2 aromatic rings. The lowest BCUT2D eigenvalue weighted by Gasteiger charge is -1.98. The zero-order chi connectivity index (χ0) is 9.71. The van der Waals surface area contributed by atoms with Crippen molar-refractivity contribution in [2.45, 2.75) is 6.92 Å². The first kappa shape index (κ1) is 7.56. The average Bonchev–Trinajstić information content (AvgIpc) is 2.70. The molecule has 68 valence electrons. The number of rotatable bonds is 0. The van der Waals surface area contributed by atoms with Crippen molar-refractivity contribution in [1.82, 2.24) is 4.57 Å². The third kappa shape index (κ3) is 0.732. The van der Waals surface area contributed by atoms with Gasteiger partial charge in [-0.2, -0.15) is 0 Å². The van der Waals surface area contributed by atoms with Gasteiger partial charge in [0.2, 0.25) is 5.78 Å². The first-order valence-electron chi connectivity index (χ1n) is 4.61. The third-order valence-electron chi connectivity index (χ3n) is 2.71. The Bertz CT molecular complexity index is 537. The number of fused-ring (bicyclic) bond motifs is 3. The van der Waals surface area contributed by atoms with Crippen LogP contribution in [0.2, 0.25) is 0 Å². The fourth-order valence-electron chi connectivity index (χ4n) is 2.02. The minimum Gasteiger partial charge on any atom is -0.313 e. The van der Waals surface area contributed by atoms with Gasteiger partial charge in [-0.05, 0) is 30.7 Å². The molecule has 0 N–H and O–H groups in total. The Morgan fingerprint density at radius 3 is 2.79 bits per heavy atom. The summed E-state index contributed by atoms with van der Waals surface area (Å²) in [4.78, 5) is 11.9. The highest BCUT2D eigenvalue weighted by molar-refractivity contribution is 6.14. The van der Waals surface area contributed by atoms with Crippen molar-refractivity contribution >= 4 is 5.78 Å². The molecule has 1 aromatic heterocycles. The molecule has 0 bridgehead atoms. The second-order valence-corrected chi connectivity index (χ2v) is 3.56. The predicted octanol–water partition coefficient (Wildman–Crippen LogP) is 2.33. The van der Waals surface area contributed by atoms with Crippen molar-refractivity contribution in [3.8, 4) is 5.69 Å². The number of carbonyl (C=O) groups is 1. The van der Waals surface area contributed by atoms with Gasteiger partial charge in [0, 0.05) is 11.8 Å². The van der Waals surface area contributed by atoms with Crippen LogP contribution in [0.25, 0.3) is 5.69 Å². The molecule has 0 spiro atoms. The van der Waals surface area contributed by atoms with Gasteiger partial charge in [-0.1, -0.05) is 12.1 Å². The van der Waals surface area contributed by atoms with Crippen LogP contribution in [-0.4, -0.2) is 10.4 Å². The van der Waals surface area contributed by atoms with E-state index >= 15 is 0 Å². The number of nitrogens with zero attached hydrogens (tertiary/aromatic N) is 1. The van der Waals surface area contributed by atoms with Crippen molar-refractivity contribution in [3.63, 3.8) is 0 Å². The Labute approximate surface area is 81.8 Å². The molecule has 0 atom stereocenters. The number of hydrogen-bond donors (Lipinski definition) is 0. The van der Waals surface area contributed by atoms with Crippen LogP contribution in [0.1, 0.15) is 21.6 Å². The Hall–Kier alpha value is -1.83. The van der Waals surface area contributed by atoms with E-state index < -0.39 is 0 Å². The summed E-state index contributed by atoms with van der Waals surface area (Å²) in [6.45, 7) is 1.97. The molecule has 0 fully saturated rings. The topological polar surface area (TPSA) is 22.0 Å². The van der Waals surface area contributed by atoms with E-state index in [0.29, 0.717) is 0 Å². The number of hydrogen-bond acceptors (Lipinski definition) is 1. The molecule has 2 heterocycles. The molecule has 0 saturated heterocycles. The smallest absolute Gasteiger partial charge is 0.212 e. The number of aromatic nitrogens is 1. The summed E-state index contributed by atoms with van der Waals surface area (Å²) in [5.41, 5.74) is 3.67. The molecule has 0 aliphatic carbocycles. The second-order valence-electron chi connectivity index (χ2n) is 3.56. The van der Waals surface area contributed by atoms with Gasteiger partial charge in [0.05, 0.1) is 11.4 Å². The fraction of sp³-hybridized carbons (Fsp3) is 0.0833.